The van der Waals surface area contributed by atoms with E-state index in [1.165, 1.54) is 0 Å². The van der Waals surface area contributed by atoms with Gasteiger partial charge in [-0.3, -0.25) is 9.59 Å². The lowest BCUT2D eigenvalue weighted by Crippen LogP contribution is -2.50. The van der Waals surface area contributed by atoms with Crippen molar-refractivity contribution in [3.8, 4) is 11.5 Å². The van der Waals surface area contributed by atoms with E-state index >= 15 is 0 Å². The zero-order valence-corrected chi connectivity index (χ0v) is 17.7. The summed E-state index contributed by atoms with van der Waals surface area (Å²) in [5.74, 6) is 2.05. The van der Waals surface area contributed by atoms with Crippen LogP contribution in [0, 0.1) is 12.3 Å². The summed E-state index contributed by atoms with van der Waals surface area (Å²) in [6, 6.07) is 5.71. The molecule has 1 spiro atoms. The number of hydrogen-bond donors (Lipinski definition) is 1. The lowest BCUT2D eigenvalue weighted by atomic mass is 9.78. The number of carbonyl (C=O) groups excluding carboxylic acids is 2. The lowest BCUT2D eigenvalue weighted by Gasteiger charge is -2.39. The molecule has 0 aliphatic carbocycles. The van der Waals surface area contributed by atoms with E-state index in [0.717, 1.165) is 18.4 Å². The second-order valence-corrected chi connectivity index (χ2v) is 8.12. The fourth-order valence-corrected chi connectivity index (χ4v) is 4.71. The topological polar surface area (TPSA) is 87.8 Å². The molecule has 1 N–H and O–H groups in total. The quantitative estimate of drug-likeness (QED) is 0.815. The van der Waals surface area contributed by atoms with Crippen molar-refractivity contribution in [1.82, 2.24) is 19.8 Å². The minimum Gasteiger partial charge on any atom is -0.493 e. The van der Waals surface area contributed by atoms with E-state index in [1.54, 1.807) is 25.3 Å². The van der Waals surface area contributed by atoms with Crippen LogP contribution in [0.5, 0.6) is 11.5 Å². The Morgan fingerprint density at radius 3 is 2.77 bits per heavy atom. The maximum absolute atomic E-state index is 13.5. The molecule has 0 radical (unpaired) electrons. The number of H-pyrrole nitrogens is 1. The molecule has 0 unspecified atom stereocenters. The Morgan fingerprint density at radius 2 is 2.07 bits per heavy atom. The van der Waals surface area contributed by atoms with Crippen LogP contribution in [0.3, 0.4) is 0 Å². The zero-order chi connectivity index (χ0) is 21.3. The minimum atomic E-state index is -0.505. The Hall–Kier alpha value is -3.03. The number of piperidine rings is 1. The van der Waals surface area contributed by atoms with Crippen molar-refractivity contribution in [1.29, 1.82) is 0 Å². The number of aromatic nitrogens is 2. The summed E-state index contributed by atoms with van der Waals surface area (Å²) in [7, 11) is 3.21. The molecule has 8 nitrogen and oxygen atoms in total. The standard InChI is InChI=1S/C22H28N4O4/c1-15-23-12-17(24-15)20(27)26-11-9-22(14-26)8-5-10-25(21(22)28)13-16-6-4-7-18(29-2)19(16)30-3/h4,6-7,12H,5,8-11,13-14H2,1-3H3,(H,23,24)/t22-/m0/s1. The largest absolute Gasteiger partial charge is 0.493 e. The van der Waals surface area contributed by atoms with E-state index in [4.69, 9.17) is 9.47 Å². The molecule has 4 rings (SSSR count). The predicted molar refractivity (Wildman–Crippen MR) is 110 cm³/mol. The number of para-hydroxylation sites is 1. The highest BCUT2D eigenvalue weighted by Crippen LogP contribution is 2.41. The van der Waals surface area contributed by atoms with Gasteiger partial charge >= 0.3 is 0 Å². The first-order valence-electron chi connectivity index (χ1n) is 10.3. The number of amides is 2. The SMILES string of the molecule is COc1cccc(CN2CCC[C@@]3(CCN(C(=O)c4cnc(C)[nH]4)C3)C2=O)c1OC. The molecule has 2 saturated heterocycles. The van der Waals surface area contributed by atoms with Crippen LogP contribution < -0.4 is 9.47 Å². The summed E-state index contributed by atoms with van der Waals surface area (Å²) >= 11 is 0. The molecule has 1 aromatic heterocycles. The molecule has 2 amide bonds. The van der Waals surface area contributed by atoms with Crippen LogP contribution in [0.2, 0.25) is 0 Å². The first kappa shape index (κ1) is 20.3. The van der Waals surface area contributed by atoms with Gasteiger partial charge in [-0.1, -0.05) is 12.1 Å². The summed E-state index contributed by atoms with van der Waals surface area (Å²) in [6.07, 6.45) is 3.98. The number of aromatic amines is 1. The summed E-state index contributed by atoms with van der Waals surface area (Å²) in [4.78, 5) is 37.1. The van der Waals surface area contributed by atoms with Gasteiger partial charge in [0.1, 0.15) is 11.5 Å². The number of hydrogen-bond acceptors (Lipinski definition) is 5. The van der Waals surface area contributed by atoms with Gasteiger partial charge in [0.05, 0.1) is 25.8 Å². The minimum absolute atomic E-state index is 0.0909. The second-order valence-electron chi connectivity index (χ2n) is 8.12. The highest BCUT2D eigenvalue weighted by molar-refractivity contribution is 5.93. The maximum Gasteiger partial charge on any atom is 0.271 e. The molecule has 1 atom stereocenters. The molecule has 160 valence electrons. The van der Waals surface area contributed by atoms with Gasteiger partial charge in [0.25, 0.3) is 5.91 Å². The number of ether oxygens (including phenoxy) is 2. The number of methoxy groups -OCH3 is 2. The number of imidazole rings is 1. The third-order valence-corrected chi connectivity index (χ3v) is 6.24. The smallest absolute Gasteiger partial charge is 0.271 e. The number of nitrogens with zero attached hydrogens (tertiary/aromatic N) is 3. The Morgan fingerprint density at radius 1 is 1.23 bits per heavy atom. The van der Waals surface area contributed by atoms with Gasteiger partial charge in [0, 0.05) is 31.7 Å². The van der Waals surface area contributed by atoms with Gasteiger partial charge in [-0.15, -0.1) is 0 Å². The molecular weight excluding hydrogens is 384 g/mol. The van der Waals surface area contributed by atoms with E-state index in [-0.39, 0.29) is 11.8 Å². The van der Waals surface area contributed by atoms with Crippen LogP contribution in [-0.4, -0.2) is 65.4 Å². The van der Waals surface area contributed by atoms with Gasteiger partial charge in [-0.2, -0.15) is 0 Å². The van der Waals surface area contributed by atoms with Crippen molar-refractivity contribution in [2.24, 2.45) is 5.41 Å². The monoisotopic (exact) mass is 412 g/mol. The average molecular weight is 412 g/mol. The van der Waals surface area contributed by atoms with Crippen molar-refractivity contribution in [2.45, 2.75) is 32.7 Å². The van der Waals surface area contributed by atoms with Gasteiger partial charge in [0.15, 0.2) is 11.5 Å². The Kier molecular flexibility index (Phi) is 5.40. The normalized spacial score (nSPS) is 21.4. The van der Waals surface area contributed by atoms with Crippen LogP contribution in [0.4, 0.5) is 0 Å². The lowest BCUT2D eigenvalue weighted by molar-refractivity contribution is -0.146. The summed E-state index contributed by atoms with van der Waals surface area (Å²) < 4.78 is 10.9. The van der Waals surface area contributed by atoms with Crippen LogP contribution in [0.1, 0.15) is 41.1 Å². The van der Waals surface area contributed by atoms with E-state index in [2.05, 4.69) is 9.97 Å². The number of benzene rings is 1. The van der Waals surface area contributed by atoms with Gasteiger partial charge in [0.2, 0.25) is 5.91 Å². The molecule has 2 aromatic rings. The fourth-order valence-electron chi connectivity index (χ4n) is 4.71. The number of likely N-dealkylation sites (tertiary alicyclic amines) is 2. The van der Waals surface area contributed by atoms with Crippen molar-refractivity contribution >= 4 is 11.8 Å². The molecule has 0 saturated carbocycles. The zero-order valence-electron chi connectivity index (χ0n) is 17.7. The molecule has 1 aromatic carbocycles. The van der Waals surface area contributed by atoms with E-state index < -0.39 is 5.41 Å². The summed E-state index contributed by atoms with van der Waals surface area (Å²) in [6.45, 7) is 4.02. The average Bonchev–Trinajstić information content (AvgIpc) is 3.38. The van der Waals surface area contributed by atoms with Crippen molar-refractivity contribution in [3.63, 3.8) is 0 Å². The Labute approximate surface area is 176 Å². The molecule has 0 bridgehead atoms. The van der Waals surface area contributed by atoms with Gasteiger partial charge in [-0.05, 0) is 32.3 Å². The van der Waals surface area contributed by atoms with Crippen LogP contribution in [0.25, 0.3) is 0 Å². The van der Waals surface area contributed by atoms with E-state index in [0.29, 0.717) is 55.6 Å². The van der Waals surface area contributed by atoms with Gasteiger partial charge in [-0.25, -0.2) is 4.98 Å². The molecular formula is C22H28N4O4. The predicted octanol–water partition coefficient (Wildman–Crippen LogP) is 2.39. The van der Waals surface area contributed by atoms with E-state index in [1.807, 2.05) is 30.0 Å². The van der Waals surface area contributed by atoms with Crippen molar-refractivity contribution in [3.05, 3.63) is 41.5 Å². The first-order valence-corrected chi connectivity index (χ1v) is 10.3. The molecule has 3 heterocycles. The van der Waals surface area contributed by atoms with Crippen molar-refractivity contribution in [2.75, 3.05) is 33.9 Å². The fraction of sp³-hybridized carbons (Fsp3) is 0.500. The molecule has 8 heteroatoms. The summed E-state index contributed by atoms with van der Waals surface area (Å²) in [5, 5.41) is 0. The van der Waals surface area contributed by atoms with Crippen LogP contribution in [-0.2, 0) is 11.3 Å². The number of nitrogens with one attached hydrogen (secondary N) is 1. The third kappa shape index (κ3) is 3.51. The van der Waals surface area contributed by atoms with Crippen LogP contribution in [0.15, 0.2) is 24.4 Å². The highest BCUT2D eigenvalue weighted by atomic mass is 16.5. The number of carbonyl (C=O) groups is 2. The maximum atomic E-state index is 13.5. The van der Waals surface area contributed by atoms with Crippen LogP contribution >= 0.6 is 0 Å². The number of rotatable bonds is 5. The Balaban J connectivity index is 1.51. The molecule has 30 heavy (non-hydrogen) atoms. The number of aryl methyl sites for hydroxylation is 1. The first-order chi connectivity index (χ1) is 14.5. The molecule has 2 fully saturated rings. The Bertz CT molecular complexity index is 956. The molecule has 2 aliphatic heterocycles. The second kappa shape index (κ2) is 8.01. The molecule has 2 aliphatic rings. The summed E-state index contributed by atoms with van der Waals surface area (Å²) in [5.41, 5.74) is 0.890. The third-order valence-electron chi connectivity index (χ3n) is 6.24. The van der Waals surface area contributed by atoms with E-state index in [9.17, 15) is 9.59 Å². The van der Waals surface area contributed by atoms with Crippen molar-refractivity contribution < 1.29 is 19.1 Å². The highest BCUT2D eigenvalue weighted by Gasteiger charge is 2.49. The van der Waals surface area contributed by atoms with Gasteiger partial charge < -0.3 is 24.3 Å².